The number of aromatic nitrogens is 1. The first-order chi connectivity index (χ1) is 9.52. The molecule has 5 heteroatoms. The molecule has 0 N–H and O–H groups in total. The van der Waals surface area contributed by atoms with E-state index < -0.39 is 0 Å². The minimum Gasteiger partial charge on any atom is -0.341 e. The molecule has 1 fully saturated rings. The average Bonchev–Trinajstić information content (AvgIpc) is 2.44. The van der Waals surface area contributed by atoms with Crippen molar-refractivity contribution in [1.29, 1.82) is 5.26 Å². The summed E-state index contributed by atoms with van der Waals surface area (Å²) in [6.07, 6.45) is 2.02. The van der Waals surface area contributed by atoms with E-state index in [1.807, 2.05) is 11.0 Å². The van der Waals surface area contributed by atoms with Crippen LogP contribution in [0, 0.1) is 24.2 Å². The number of piperidine rings is 1. The number of nitrogens with zero attached hydrogens (tertiary/aromatic N) is 3. The topological polar surface area (TPSA) is 66.1 Å². The molecule has 0 aromatic carbocycles. The van der Waals surface area contributed by atoms with Crippen LogP contribution in [0.3, 0.4) is 0 Å². The van der Waals surface area contributed by atoms with Crippen LogP contribution in [0.4, 0.5) is 0 Å². The summed E-state index contributed by atoms with van der Waals surface area (Å²) in [5.74, 6) is 0.614. The third-order valence-electron chi connectivity index (χ3n) is 3.94. The van der Waals surface area contributed by atoms with Gasteiger partial charge in [0.1, 0.15) is 18.2 Å². The highest BCUT2D eigenvalue weighted by molar-refractivity contribution is 5.76. The molecule has 1 aliphatic rings. The molecule has 1 aromatic heterocycles. The number of rotatable bonds is 2. The molecule has 0 atom stereocenters. The lowest BCUT2D eigenvalue weighted by Crippen LogP contribution is -2.41. The Labute approximate surface area is 118 Å². The Balaban J connectivity index is 2.16. The highest BCUT2D eigenvalue weighted by Crippen LogP contribution is 2.16. The number of pyridine rings is 1. The second kappa shape index (κ2) is 5.91. The van der Waals surface area contributed by atoms with Gasteiger partial charge in [-0.1, -0.05) is 6.92 Å². The number of aryl methyl sites for hydroxylation is 1. The van der Waals surface area contributed by atoms with E-state index in [4.69, 9.17) is 5.26 Å². The van der Waals surface area contributed by atoms with E-state index in [2.05, 4.69) is 6.92 Å². The zero-order chi connectivity index (χ0) is 14.7. The fourth-order valence-corrected chi connectivity index (χ4v) is 2.45. The monoisotopic (exact) mass is 273 g/mol. The van der Waals surface area contributed by atoms with Gasteiger partial charge in [0.05, 0.1) is 0 Å². The van der Waals surface area contributed by atoms with Crippen LogP contribution in [0.25, 0.3) is 0 Å². The van der Waals surface area contributed by atoms with Crippen molar-refractivity contribution in [2.24, 2.45) is 5.92 Å². The van der Waals surface area contributed by atoms with Crippen LogP contribution in [0.5, 0.6) is 0 Å². The zero-order valence-electron chi connectivity index (χ0n) is 11.9. The van der Waals surface area contributed by atoms with Crippen molar-refractivity contribution < 1.29 is 4.79 Å². The van der Waals surface area contributed by atoms with Crippen LogP contribution in [0.2, 0.25) is 0 Å². The number of carbonyl (C=O) groups excluding carboxylic acids is 1. The average molecular weight is 273 g/mol. The van der Waals surface area contributed by atoms with Crippen molar-refractivity contribution >= 4 is 5.91 Å². The van der Waals surface area contributed by atoms with E-state index in [0.717, 1.165) is 25.9 Å². The number of hydrogen-bond donors (Lipinski definition) is 0. The molecule has 2 heterocycles. The number of hydrogen-bond acceptors (Lipinski definition) is 3. The first-order valence-corrected chi connectivity index (χ1v) is 6.91. The molecular formula is C15H19N3O2. The molecule has 106 valence electrons. The Hall–Kier alpha value is -2.09. The normalized spacial score (nSPS) is 15.9. The number of amides is 1. The summed E-state index contributed by atoms with van der Waals surface area (Å²) in [6, 6.07) is 5.06. The van der Waals surface area contributed by atoms with Crippen LogP contribution in [-0.2, 0) is 11.3 Å². The summed E-state index contributed by atoms with van der Waals surface area (Å²) in [6.45, 7) is 5.49. The molecule has 20 heavy (non-hydrogen) atoms. The van der Waals surface area contributed by atoms with Crippen LogP contribution < -0.4 is 5.56 Å². The molecule has 0 bridgehead atoms. The molecule has 1 aromatic rings. The first kappa shape index (κ1) is 14.3. The van der Waals surface area contributed by atoms with Crippen molar-refractivity contribution in [2.45, 2.75) is 33.2 Å². The van der Waals surface area contributed by atoms with Crippen molar-refractivity contribution in [1.82, 2.24) is 9.47 Å². The Bertz CT molecular complexity index is 605. The zero-order valence-corrected chi connectivity index (χ0v) is 11.9. The van der Waals surface area contributed by atoms with E-state index in [-0.39, 0.29) is 23.6 Å². The lowest BCUT2D eigenvalue weighted by molar-refractivity contribution is -0.133. The van der Waals surface area contributed by atoms with Gasteiger partial charge in [-0.05, 0) is 37.8 Å². The summed E-state index contributed by atoms with van der Waals surface area (Å²) < 4.78 is 1.39. The number of nitriles is 1. The van der Waals surface area contributed by atoms with Gasteiger partial charge in [0, 0.05) is 18.8 Å². The molecule has 1 saturated heterocycles. The molecule has 1 aliphatic heterocycles. The van der Waals surface area contributed by atoms with E-state index >= 15 is 0 Å². The third kappa shape index (κ3) is 2.90. The second-order valence-corrected chi connectivity index (χ2v) is 5.45. The van der Waals surface area contributed by atoms with Gasteiger partial charge in [0.15, 0.2) is 0 Å². The maximum Gasteiger partial charge on any atom is 0.269 e. The molecular weight excluding hydrogens is 254 g/mol. The summed E-state index contributed by atoms with van der Waals surface area (Å²) in [4.78, 5) is 26.1. The van der Waals surface area contributed by atoms with E-state index in [9.17, 15) is 9.59 Å². The van der Waals surface area contributed by atoms with Crippen LogP contribution in [-0.4, -0.2) is 28.5 Å². The highest BCUT2D eigenvalue weighted by Gasteiger charge is 2.21. The summed E-state index contributed by atoms with van der Waals surface area (Å²) in [5.41, 5.74) is 0.398. The molecule has 0 unspecified atom stereocenters. The van der Waals surface area contributed by atoms with Crippen molar-refractivity contribution in [3.63, 3.8) is 0 Å². The summed E-state index contributed by atoms with van der Waals surface area (Å²) in [5, 5.41) is 8.89. The fraction of sp³-hybridized carbons (Fsp3) is 0.533. The van der Waals surface area contributed by atoms with Crippen LogP contribution in [0.1, 0.15) is 31.0 Å². The van der Waals surface area contributed by atoms with E-state index in [1.165, 1.54) is 10.6 Å². The van der Waals surface area contributed by atoms with Gasteiger partial charge in [-0.15, -0.1) is 0 Å². The van der Waals surface area contributed by atoms with Gasteiger partial charge in [-0.2, -0.15) is 5.26 Å². The highest BCUT2D eigenvalue weighted by atomic mass is 16.2. The van der Waals surface area contributed by atoms with Crippen molar-refractivity contribution in [3.05, 3.63) is 33.7 Å². The van der Waals surface area contributed by atoms with Gasteiger partial charge in [0.25, 0.3) is 5.56 Å². The minimum absolute atomic E-state index is 0.0224. The Kier molecular flexibility index (Phi) is 4.23. The lowest BCUT2D eigenvalue weighted by Gasteiger charge is -2.30. The quantitative estimate of drug-likeness (QED) is 0.815. The van der Waals surface area contributed by atoms with Gasteiger partial charge in [-0.25, -0.2) is 0 Å². The summed E-state index contributed by atoms with van der Waals surface area (Å²) >= 11 is 0. The molecule has 0 aliphatic carbocycles. The fourth-order valence-electron chi connectivity index (χ4n) is 2.45. The lowest BCUT2D eigenvalue weighted by atomic mass is 9.99. The smallest absolute Gasteiger partial charge is 0.269 e. The maximum absolute atomic E-state index is 12.3. The van der Waals surface area contributed by atoms with Crippen molar-refractivity contribution in [2.75, 3.05) is 13.1 Å². The van der Waals surface area contributed by atoms with Crippen LogP contribution in [0.15, 0.2) is 16.9 Å². The SMILES string of the molecule is Cc1ccc(C#N)c(=O)n1CC(=O)N1CCC(C)CC1. The van der Waals surface area contributed by atoms with Gasteiger partial charge < -0.3 is 9.47 Å². The molecule has 0 saturated carbocycles. The molecule has 0 spiro atoms. The number of carbonyl (C=O) groups is 1. The molecule has 1 amide bonds. The van der Waals surface area contributed by atoms with Gasteiger partial charge >= 0.3 is 0 Å². The second-order valence-electron chi connectivity index (χ2n) is 5.45. The summed E-state index contributed by atoms with van der Waals surface area (Å²) in [7, 11) is 0. The number of likely N-dealkylation sites (tertiary alicyclic amines) is 1. The molecule has 0 radical (unpaired) electrons. The van der Waals surface area contributed by atoms with Gasteiger partial charge in [0.2, 0.25) is 5.91 Å². The third-order valence-corrected chi connectivity index (χ3v) is 3.94. The Morgan fingerprint density at radius 3 is 2.65 bits per heavy atom. The Morgan fingerprint density at radius 2 is 2.05 bits per heavy atom. The van der Waals surface area contributed by atoms with E-state index in [1.54, 1.807) is 13.0 Å². The van der Waals surface area contributed by atoms with E-state index in [0.29, 0.717) is 11.6 Å². The van der Waals surface area contributed by atoms with Crippen LogP contribution >= 0.6 is 0 Å². The largest absolute Gasteiger partial charge is 0.341 e. The van der Waals surface area contributed by atoms with Crippen molar-refractivity contribution in [3.8, 4) is 6.07 Å². The maximum atomic E-state index is 12.3. The van der Waals surface area contributed by atoms with Gasteiger partial charge in [-0.3, -0.25) is 9.59 Å². The first-order valence-electron chi connectivity index (χ1n) is 6.91. The molecule has 5 nitrogen and oxygen atoms in total. The standard InChI is InChI=1S/C15H19N3O2/c1-11-5-7-17(8-6-11)14(19)10-18-12(2)3-4-13(9-16)15(18)20/h3-4,11H,5-8,10H2,1-2H3. The molecule has 2 rings (SSSR count). The minimum atomic E-state index is -0.383. The predicted octanol–water partition coefficient (Wildman–Crippen LogP) is 1.29. The Morgan fingerprint density at radius 1 is 1.40 bits per heavy atom. The predicted molar refractivity (Wildman–Crippen MR) is 75.1 cm³/mol.